The summed E-state index contributed by atoms with van der Waals surface area (Å²) in [4.78, 5) is 11.5. The molecule has 2 aliphatic rings. The Balaban J connectivity index is 1.91. The predicted octanol–water partition coefficient (Wildman–Crippen LogP) is 2.65. The molecule has 0 aliphatic carbocycles. The smallest absolute Gasteiger partial charge is 0.399 e. The normalized spacial score (nSPS) is 25.9. The number of halogens is 1. The molecule has 0 aromatic heterocycles. The van der Waals surface area contributed by atoms with E-state index in [-0.39, 0.29) is 18.0 Å². The highest BCUT2D eigenvalue weighted by atomic mass is 19.1. The molecule has 1 unspecified atom stereocenters. The van der Waals surface area contributed by atoms with Crippen LogP contribution in [0.3, 0.4) is 0 Å². The van der Waals surface area contributed by atoms with Crippen molar-refractivity contribution in [1.82, 2.24) is 0 Å². The van der Waals surface area contributed by atoms with E-state index in [1.165, 1.54) is 6.07 Å². The third kappa shape index (κ3) is 2.79. The largest absolute Gasteiger partial charge is 0.494 e. The van der Waals surface area contributed by atoms with Crippen LogP contribution in [0.15, 0.2) is 12.1 Å². The summed E-state index contributed by atoms with van der Waals surface area (Å²) < 4.78 is 26.6. The van der Waals surface area contributed by atoms with Gasteiger partial charge < -0.3 is 14.6 Å². The first kappa shape index (κ1) is 16.5. The lowest BCUT2D eigenvalue weighted by molar-refractivity contribution is -0.115. The minimum atomic E-state index is -0.621. The number of carbonyl (C=O) groups is 1. The second-order valence-corrected chi connectivity index (χ2v) is 7.67. The van der Waals surface area contributed by atoms with Gasteiger partial charge in [0.25, 0.3) is 0 Å². The van der Waals surface area contributed by atoms with Crippen molar-refractivity contribution in [2.24, 2.45) is 5.92 Å². The number of hydrogen-bond donors (Lipinski definition) is 1. The summed E-state index contributed by atoms with van der Waals surface area (Å²) in [5, 5.41) is 2.55. The maximum Gasteiger partial charge on any atom is 0.494 e. The molecule has 124 valence electrons. The number of fused-ring (bicyclic) bond motifs is 1. The molecule has 1 fully saturated rings. The molecule has 6 heteroatoms. The van der Waals surface area contributed by atoms with Gasteiger partial charge in [0.05, 0.1) is 23.3 Å². The molecular weight excluding hydrogens is 296 g/mol. The standard InChI is InChI=1S/C17H23BFNO3/c1-10(2)9-17(5)16(3,4)22-18(23-17)12-6-11-7-14(21)20-15(11)13(19)8-12/h6,8,10H,7,9H2,1-5H3,(H,20,21). The molecule has 2 aliphatic heterocycles. The highest BCUT2D eigenvalue weighted by Gasteiger charge is 2.54. The van der Waals surface area contributed by atoms with Crippen molar-refractivity contribution in [2.45, 2.75) is 58.7 Å². The van der Waals surface area contributed by atoms with Gasteiger partial charge in [0, 0.05) is 0 Å². The number of rotatable bonds is 3. The van der Waals surface area contributed by atoms with E-state index in [4.69, 9.17) is 9.31 Å². The highest BCUT2D eigenvalue weighted by molar-refractivity contribution is 6.62. The van der Waals surface area contributed by atoms with Crippen molar-refractivity contribution in [3.8, 4) is 0 Å². The van der Waals surface area contributed by atoms with E-state index >= 15 is 0 Å². The molecule has 4 nitrogen and oxygen atoms in total. The van der Waals surface area contributed by atoms with Crippen molar-refractivity contribution >= 4 is 24.2 Å². The van der Waals surface area contributed by atoms with Gasteiger partial charge in [0.15, 0.2) is 0 Å². The molecule has 2 heterocycles. The van der Waals surface area contributed by atoms with Crippen LogP contribution in [0, 0.1) is 11.7 Å². The van der Waals surface area contributed by atoms with Crippen LogP contribution in [0.2, 0.25) is 0 Å². The Bertz CT molecular complexity index is 661. The Morgan fingerprint density at radius 2 is 2.00 bits per heavy atom. The van der Waals surface area contributed by atoms with Crippen LogP contribution < -0.4 is 10.8 Å². The van der Waals surface area contributed by atoms with Gasteiger partial charge >= 0.3 is 7.12 Å². The molecule has 0 spiro atoms. The zero-order valence-corrected chi connectivity index (χ0v) is 14.3. The van der Waals surface area contributed by atoms with Gasteiger partial charge in [0.2, 0.25) is 5.91 Å². The maximum atomic E-state index is 14.2. The van der Waals surface area contributed by atoms with E-state index in [1.807, 2.05) is 20.8 Å². The third-order valence-corrected chi connectivity index (χ3v) is 4.92. The van der Waals surface area contributed by atoms with Crippen LogP contribution in [0.1, 0.15) is 46.6 Å². The fourth-order valence-electron chi connectivity index (χ4n) is 3.46. The first-order valence-electron chi connectivity index (χ1n) is 8.09. The van der Waals surface area contributed by atoms with Gasteiger partial charge in [-0.3, -0.25) is 4.79 Å². The summed E-state index contributed by atoms with van der Waals surface area (Å²) in [6.45, 7) is 10.3. The molecule has 3 rings (SSSR count). The van der Waals surface area contributed by atoms with Gasteiger partial charge in [-0.05, 0) is 50.2 Å². The molecule has 1 amide bonds. The zero-order valence-electron chi connectivity index (χ0n) is 14.3. The van der Waals surface area contributed by atoms with E-state index < -0.39 is 24.1 Å². The Kier molecular flexibility index (Phi) is 3.80. The number of amides is 1. The van der Waals surface area contributed by atoms with Crippen molar-refractivity contribution in [3.05, 3.63) is 23.5 Å². The van der Waals surface area contributed by atoms with Gasteiger partial charge in [-0.25, -0.2) is 4.39 Å². The van der Waals surface area contributed by atoms with E-state index in [2.05, 4.69) is 19.2 Å². The molecule has 0 saturated carbocycles. The van der Waals surface area contributed by atoms with Gasteiger partial charge in [-0.2, -0.15) is 0 Å². The molecule has 1 atom stereocenters. The maximum absolute atomic E-state index is 14.2. The lowest BCUT2D eigenvalue weighted by Gasteiger charge is -2.37. The zero-order chi connectivity index (χ0) is 17.0. The van der Waals surface area contributed by atoms with Crippen molar-refractivity contribution in [3.63, 3.8) is 0 Å². The Morgan fingerprint density at radius 3 is 2.65 bits per heavy atom. The molecule has 1 saturated heterocycles. The molecule has 1 N–H and O–H groups in total. The lowest BCUT2D eigenvalue weighted by Crippen LogP contribution is -2.45. The molecule has 1 aromatic carbocycles. The van der Waals surface area contributed by atoms with Crippen LogP contribution in [0.4, 0.5) is 10.1 Å². The average molecular weight is 319 g/mol. The van der Waals surface area contributed by atoms with Gasteiger partial charge in [-0.15, -0.1) is 0 Å². The van der Waals surface area contributed by atoms with Gasteiger partial charge in [-0.1, -0.05) is 19.9 Å². The molecule has 0 radical (unpaired) electrons. The predicted molar refractivity (Wildman–Crippen MR) is 88.2 cm³/mol. The summed E-state index contributed by atoms with van der Waals surface area (Å²) in [6, 6.07) is 3.20. The fourth-order valence-corrected chi connectivity index (χ4v) is 3.46. The van der Waals surface area contributed by atoms with Crippen LogP contribution in [-0.4, -0.2) is 24.2 Å². The summed E-state index contributed by atoms with van der Waals surface area (Å²) in [7, 11) is -0.621. The van der Waals surface area contributed by atoms with Crippen LogP contribution >= 0.6 is 0 Å². The molecular formula is C17H23BFNO3. The lowest BCUT2D eigenvalue weighted by atomic mass is 9.78. The Morgan fingerprint density at radius 1 is 1.30 bits per heavy atom. The number of anilines is 1. The number of hydrogen-bond acceptors (Lipinski definition) is 3. The van der Waals surface area contributed by atoms with E-state index in [9.17, 15) is 9.18 Å². The molecule has 23 heavy (non-hydrogen) atoms. The molecule has 0 bridgehead atoms. The first-order chi connectivity index (χ1) is 10.6. The topological polar surface area (TPSA) is 47.6 Å². The van der Waals surface area contributed by atoms with Crippen LogP contribution in [0.5, 0.6) is 0 Å². The summed E-state index contributed by atoms with van der Waals surface area (Å²) in [5.74, 6) is -0.166. The SMILES string of the molecule is CC(C)CC1(C)OB(c2cc(F)c3c(c2)CC(=O)N3)OC1(C)C. The fraction of sp³-hybridized carbons (Fsp3) is 0.588. The van der Waals surface area contributed by atoms with Crippen molar-refractivity contribution in [1.29, 1.82) is 0 Å². The monoisotopic (exact) mass is 319 g/mol. The Labute approximate surface area is 136 Å². The van der Waals surface area contributed by atoms with Crippen LogP contribution in [-0.2, 0) is 20.5 Å². The highest BCUT2D eigenvalue weighted by Crippen LogP contribution is 2.41. The number of nitrogens with one attached hydrogen (secondary N) is 1. The summed E-state index contributed by atoms with van der Waals surface area (Å²) in [5.41, 5.74) is 0.632. The first-order valence-corrected chi connectivity index (χ1v) is 8.09. The van der Waals surface area contributed by atoms with Gasteiger partial charge in [0.1, 0.15) is 5.82 Å². The van der Waals surface area contributed by atoms with Crippen LogP contribution in [0.25, 0.3) is 0 Å². The van der Waals surface area contributed by atoms with E-state index in [0.717, 1.165) is 6.42 Å². The Hall–Kier alpha value is -1.40. The summed E-state index contributed by atoms with van der Waals surface area (Å²) in [6.07, 6.45) is 1.05. The minimum Gasteiger partial charge on any atom is -0.399 e. The molecule has 1 aromatic rings. The quantitative estimate of drug-likeness (QED) is 0.872. The average Bonchev–Trinajstić information content (AvgIpc) is 2.87. The summed E-state index contributed by atoms with van der Waals surface area (Å²) >= 11 is 0. The second-order valence-electron chi connectivity index (χ2n) is 7.67. The minimum absolute atomic E-state index is 0.186. The van der Waals surface area contributed by atoms with E-state index in [1.54, 1.807) is 6.07 Å². The second kappa shape index (κ2) is 5.31. The van der Waals surface area contributed by atoms with E-state index in [0.29, 0.717) is 16.9 Å². The van der Waals surface area contributed by atoms with Crippen molar-refractivity contribution < 1.29 is 18.5 Å². The number of benzene rings is 1. The third-order valence-electron chi connectivity index (χ3n) is 4.92. The number of carbonyl (C=O) groups excluding carboxylic acids is 1. The van der Waals surface area contributed by atoms with Crippen molar-refractivity contribution in [2.75, 3.05) is 5.32 Å².